The molecule has 5 heteroatoms. The van der Waals surface area contributed by atoms with Crippen LogP contribution in [0.5, 0.6) is 0 Å². The van der Waals surface area contributed by atoms with Gasteiger partial charge in [-0.3, -0.25) is 4.79 Å². The SMILES string of the molecule is Cl.O=C(Cc1cccc(Cl)c1)NC1CCNC1. The maximum atomic E-state index is 11.7. The van der Waals surface area contributed by atoms with E-state index in [-0.39, 0.29) is 24.4 Å². The zero-order valence-corrected chi connectivity index (χ0v) is 11.0. The Labute approximate surface area is 112 Å². The van der Waals surface area contributed by atoms with Gasteiger partial charge >= 0.3 is 0 Å². The summed E-state index contributed by atoms with van der Waals surface area (Å²) < 4.78 is 0. The molecule has 0 bridgehead atoms. The fraction of sp³-hybridized carbons (Fsp3) is 0.417. The van der Waals surface area contributed by atoms with Gasteiger partial charge in [0.15, 0.2) is 0 Å². The fourth-order valence-electron chi connectivity index (χ4n) is 1.89. The van der Waals surface area contributed by atoms with E-state index in [9.17, 15) is 4.79 Å². The van der Waals surface area contributed by atoms with Crippen LogP contribution in [0.15, 0.2) is 24.3 Å². The molecule has 1 aromatic carbocycles. The van der Waals surface area contributed by atoms with Crippen LogP contribution in [0.3, 0.4) is 0 Å². The Morgan fingerprint density at radius 1 is 1.53 bits per heavy atom. The van der Waals surface area contributed by atoms with E-state index in [1.165, 1.54) is 0 Å². The second-order valence-corrected chi connectivity index (χ2v) is 4.50. The molecule has 0 aliphatic carbocycles. The quantitative estimate of drug-likeness (QED) is 0.883. The predicted molar refractivity (Wildman–Crippen MR) is 71.8 cm³/mol. The number of hydrogen-bond acceptors (Lipinski definition) is 2. The minimum Gasteiger partial charge on any atom is -0.352 e. The standard InChI is InChI=1S/C12H15ClN2O.ClH/c13-10-3-1-2-9(6-10)7-12(16)15-11-4-5-14-8-11;/h1-3,6,11,14H,4-5,7-8H2,(H,15,16);1H. The summed E-state index contributed by atoms with van der Waals surface area (Å²) in [7, 11) is 0. The molecule has 1 fully saturated rings. The van der Waals surface area contributed by atoms with Gasteiger partial charge < -0.3 is 10.6 Å². The summed E-state index contributed by atoms with van der Waals surface area (Å²) >= 11 is 5.86. The molecule has 1 atom stereocenters. The van der Waals surface area contributed by atoms with Crippen molar-refractivity contribution in [2.75, 3.05) is 13.1 Å². The van der Waals surface area contributed by atoms with E-state index in [2.05, 4.69) is 10.6 Å². The molecule has 1 saturated heterocycles. The minimum absolute atomic E-state index is 0. The van der Waals surface area contributed by atoms with Crippen molar-refractivity contribution < 1.29 is 4.79 Å². The molecule has 1 aliphatic heterocycles. The zero-order chi connectivity index (χ0) is 11.4. The van der Waals surface area contributed by atoms with E-state index in [0.717, 1.165) is 25.1 Å². The average molecular weight is 275 g/mol. The Balaban J connectivity index is 0.00000144. The summed E-state index contributed by atoms with van der Waals surface area (Å²) in [5.74, 6) is 0.0657. The first-order valence-corrected chi connectivity index (χ1v) is 5.86. The third-order valence-electron chi connectivity index (χ3n) is 2.68. The largest absolute Gasteiger partial charge is 0.352 e. The van der Waals surface area contributed by atoms with Crippen LogP contribution in [0.25, 0.3) is 0 Å². The monoisotopic (exact) mass is 274 g/mol. The summed E-state index contributed by atoms with van der Waals surface area (Å²) in [6.45, 7) is 1.86. The van der Waals surface area contributed by atoms with Crippen molar-refractivity contribution in [3.8, 4) is 0 Å². The normalized spacial score (nSPS) is 18.5. The third-order valence-corrected chi connectivity index (χ3v) is 2.91. The van der Waals surface area contributed by atoms with Crippen molar-refractivity contribution >= 4 is 29.9 Å². The molecule has 0 saturated carbocycles. The van der Waals surface area contributed by atoms with Gasteiger partial charge in [0.1, 0.15) is 0 Å². The Bertz CT molecular complexity index is 379. The third kappa shape index (κ3) is 4.54. The molecule has 94 valence electrons. The van der Waals surface area contributed by atoms with Crippen molar-refractivity contribution in [2.45, 2.75) is 18.9 Å². The van der Waals surface area contributed by atoms with Crippen molar-refractivity contribution in [3.05, 3.63) is 34.9 Å². The molecule has 0 aromatic heterocycles. The highest BCUT2D eigenvalue weighted by atomic mass is 35.5. The summed E-state index contributed by atoms with van der Waals surface area (Å²) in [5.41, 5.74) is 0.955. The van der Waals surface area contributed by atoms with E-state index in [4.69, 9.17) is 11.6 Å². The van der Waals surface area contributed by atoms with Gasteiger partial charge in [0.2, 0.25) is 5.91 Å². The molecule has 3 nitrogen and oxygen atoms in total. The zero-order valence-electron chi connectivity index (χ0n) is 9.41. The lowest BCUT2D eigenvalue weighted by Crippen LogP contribution is -2.37. The molecule has 0 spiro atoms. The Hall–Kier alpha value is -0.770. The van der Waals surface area contributed by atoms with Crippen LogP contribution in [-0.4, -0.2) is 25.0 Å². The Morgan fingerprint density at radius 3 is 3.00 bits per heavy atom. The van der Waals surface area contributed by atoms with Gasteiger partial charge in [0, 0.05) is 17.6 Å². The lowest BCUT2D eigenvalue weighted by Gasteiger charge is -2.11. The molecule has 1 aromatic rings. The van der Waals surface area contributed by atoms with Gasteiger partial charge in [0.25, 0.3) is 0 Å². The van der Waals surface area contributed by atoms with Crippen LogP contribution >= 0.6 is 24.0 Å². The van der Waals surface area contributed by atoms with Crippen LogP contribution in [0.1, 0.15) is 12.0 Å². The fourth-order valence-corrected chi connectivity index (χ4v) is 2.10. The maximum Gasteiger partial charge on any atom is 0.224 e. The Morgan fingerprint density at radius 2 is 2.35 bits per heavy atom. The molecule has 1 amide bonds. The van der Waals surface area contributed by atoms with Crippen molar-refractivity contribution in [1.29, 1.82) is 0 Å². The first kappa shape index (κ1) is 14.3. The maximum absolute atomic E-state index is 11.7. The number of rotatable bonds is 3. The lowest BCUT2D eigenvalue weighted by molar-refractivity contribution is -0.121. The highest BCUT2D eigenvalue weighted by Gasteiger charge is 2.16. The number of benzene rings is 1. The molecule has 0 radical (unpaired) electrons. The molecule has 2 N–H and O–H groups in total. The first-order valence-electron chi connectivity index (χ1n) is 5.48. The summed E-state index contributed by atoms with van der Waals surface area (Å²) in [4.78, 5) is 11.7. The van der Waals surface area contributed by atoms with E-state index in [0.29, 0.717) is 11.4 Å². The van der Waals surface area contributed by atoms with Crippen LogP contribution < -0.4 is 10.6 Å². The molecular formula is C12H16Cl2N2O. The number of amides is 1. The van der Waals surface area contributed by atoms with Crippen LogP contribution in [0.2, 0.25) is 5.02 Å². The number of carbonyl (C=O) groups excluding carboxylic acids is 1. The van der Waals surface area contributed by atoms with Gasteiger partial charge in [-0.25, -0.2) is 0 Å². The van der Waals surface area contributed by atoms with Gasteiger partial charge in [-0.15, -0.1) is 12.4 Å². The topological polar surface area (TPSA) is 41.1 Å². The van der Waals surface area contributed by atoms with Gasteiger partial charge in [0.05, 0.1) is 6.42 Å². The van der Waals surface area contributed by atoms with Crippen molar-refractivity contribution in [1.82, 2.24) is 10.6 Å². The van der Waals surface area contributed by atoms with Crippen LogP contribution in [-0.2, 0) is 11.2 Å². The first-order chi connectivity index (χ1) is 7.74. The van der Waals surface area contributed by atoms with Crippen molar-refractivity contribution in [3.63, 3.8) is 0 Å². The number of halogens is 2. The smallest absolute Gasteiger partial charge is 0.224 e. The van der Waals surface area contributed by atoms with Crippen LogP contribution in [0, 0.1) is 0 Å². The minimum atomic E-state index is 0. The second-order valence-electron chi connectivity index (χ2n) is 4.06. The Kier molecular flexibility index (Phi) is 5.75. The molecule has 1 aliphatic rings. The summed E-state index contributed by atoms with van der Waals surface area (Å²) in [6.07, 6.45) is 1.42. The van der Waals surface area contributed by atoms with E-state index < -0.39 is 0 Å². The molecular weight excluding hydrogens is 259 g/mol. The van der Waals surface area contributed by atoms with Crippen LogP contribution in [0.4, 0.5) is 0 Å². The predicted octanol–water partition coefficient (Wildman–Crippen LogP) is 1.78. The van der Waals surface area contributed by atoms with E-state index in [1.807, 2.05) is 24.3 Å². The molecule has 17 heavy (non-hydrogen) atoms. The van der Waals surface area contributed by atoms with Gasteiger partial charge in [-0.2, -0.15) is 0 Å². The van der Waals surface area contributed by atoms with E-state index in [1.54, 1.807) is 0 Å². The van der Waals surface area contributed by atoms with Gasteiger partial charge in [-0.1, -0.05) is 23.7 Å². The number of nitrogens with one attached hydrogen (secondary N) is 2. The highest BCUT2D eigenvalue weighted by molar-refractivity contribution is 6.30. The number of hydrogen-bond donors (Lipinski definition) is 2. The van der Waals surface area contributed by atoms with Gasteiger partial charge in [-0.05, 0) is 30.7 Å². The lowest BCUT2D eigenvalue weighted by atomic mass is 10.1. The molecule has 2 rings (SSSR count). The second kappa shape index (κ2) is 6.84. The molecule has 1 heterocycles. The summed E-state index contributed by atoms with van der Waals surface area (Å²) in [5, 5.41) is 6.89. The highest BCUT2D eigenvalue weighted by Crippen LogP contribution is 2.11. The number of carbonyl (C=O) groups is 1. The summed E-state index contributed by atoms with van der Waals surface area (Å²) in [6, 6.07) is 7.70. The average Bonchev–Trinajstić information content (AvgIpc) is 2.70. The van der Waals surface area contributed by atoms with Crippen molar-refractivity contribution in [2.24, 2.45) is 0 Å². The van der Waals surface area contributed by atoms with E-state index >= 15 is 0 Å². The molecule has 1 unspecified atom stereocenters.